The number of benzene rings is 2. The third-order valence-electron chi connectivity index (χ3n) is 2.55. The molecule has 2 aromatic rings. The van der Waals surface area contributed by atoms with Gasteiger partial charge in [0.15, 0.2) is 0 Å². The van der Waals surface area contributed by atoms with Gasteiger partial charge in [0.1, 0.15) is 0 Å². The van der Waals surface area contributed by atoms with E-state index in [4.69, 9.17) is 23.2 Å². The second-order valence-corrected chi connectivity index (χ2v) is 4.68. The molecule has 0 saturated carbocycles. The number of hydrogen-bond donors (Lipinski definition) is 0. The van der Waals surface area contributed by atoms with Crippen molar-refractivity contribution >= 4 is 23.2 Å². The fourth-order valence-corrected chi connectivity index (χ4v) is 2.15. The molecule has 2 heteroatoms. The summed E-state index contributed by atoms with van der Waals surface area (Å²) in [7, 11) is 0. The molecule has 2 aromatic carbocycles. The van der Waals surface area contributed by atoms with Crippen molar-refractivity contribution in [3.8, 4) is 0 Å². The molecule has 16 heavy (non-hydrogen) atoms. The van der Waals surface area contributed by atoms with Gasteiger partial charge in [-0.25, -0.2) is 0 Å². The molecule has 0 spiro atoms. The van der Waals surface area contributed by atoms with Gasteiger partial charge in [-0.05, 0) is 35.7 Å². The van der Waals surface area contributed by atoms with Crippen LogP contribution < -0.4 is 0 Å². The van der Waals surface area contributed by atoms with Crippen LogP contribution in [0.3, 0.4) is 0 Å². The third-order valence-corrected chi connectivity index (χ3v) is 3.27. The van der Waals surface area contributed by atoms with Crippen LogP contribution in [0.4, 0.5) is 0 Å². The average Bonchev–Trinajstić information content (AvgIpc) is 2.25. The maximum absolute atomic E-state index is 6.19. The van der Waals surface area contributed by atoms with E-state index in [-0.39, 0.29) is 0 Å². The van der Waals surface area contributed by atoms with Crippen LogP contribution in [0.25, 0.3) is 0 Å². The Morgan fingerprint density at radius 3 is 2.25 bits per heavy atom. The molecule has 0 atom stereocenters. The van der Waals surface area contributed by atoms with Gasteiger partial charge in [0.2, 0.25) is 0 Å². The first kappa shape index (κ1) is 11.5. The lowest BCUT2D eigenvalue weighted by Crippen LogP contribution is -1.90. The summed E-state index contributed by atoms with van der Waals surface area (Å²) in [6.45, 7) is 2.03. The maximum Gasteiger partial charge on any atom is 0.0444 e. The van der Waals surface area contributed by atoms with E-state index in [1.165, 1.54) is 5.56 Å². The van der Waals surface area contributed by atoms with E-state index >= 15 is 0 Å². The van der Waals surface area contributed by atoms with Crippen LogP contribution in [-0.2, 0) is 6.42 Å². The van der Waals surface area contributed by atoms with E-state index in [2.05, 4.69) is 12.1 Å². The number of halogens is 2. The molecule has 0 aliphatic carbocycles. The highest BCUT2D eigenvalue weighted by Crippen LogP contribution is 2.24. The fourth-order valence-electron chi connectivity index (χ4n) is 1.64. The van der Waals surface area contributed by atoms with Crippen molar-refractivity contribution in [1.82, 2.24) is 0 Å². The van der Waals surface area contributed by atoms with Crippen molar-refractivity contribution in [3.63, 3.8) is 0 Å². The lowest BCUT2D eigenvalue weighted by Gasteiger charge is -2.07. The highest BCUT2D eigenvalue weighted by molar-refractivity contribution is 6.32. The summed E-state index contributed by atoms with van der Waals surface area (Å²) in [4.78, 5) is 0. The molecule has 0 aromatic heterocycles. The minimum Gasteiger partial charge on any atom is -0.0840 e. The van der Waals surface area contributed by atoms with Crippen LogP contribution in [0.15, 0.2) is 42.5 Å². The number of hydrogen-bond acceptors (Lipinski definition) is 0. The van der Waals surface area contributed by atoms with E-state index in [1.807, 2.05) is 37.3 Å². The predicted molar refractivity (Wildman–Crippen MR) is 70.4 cm³/mol. The molecule has 0 unspecified atom stereocenters. The lowest BCUT2D eigenvalue weighted by atomic mass is 10.0. The van der Waals surface area contributed by atoms with Gasteiger partial charge in [0, 0.05) is 16.5 Å². The van der Waals surface area contributed by atoms with Crippen molar-refractivity contribution in [2.24, 2.45) is 0 Å². The summed E-state index contributed by atoms with van der Waals surface area (Å²) >= 11 is 12.3. The van der Waals surface area contributed by atoms with Crippen LogP contribution in [-0.4, -0.2) is 0 Å². The Kier molecular flexibility index (Phi) is 3.52. The Balaban J connectivity index is 2.31. The molecule has 0 nitrogen and oxygen atoms in total. The quantitative estimate of drug-likeness (QED) is 0.712. The minimum atomic E-state index is 0.777. The highest BCUT2D eigenvalue weighted by Gasteiger charge is 2.04. The smallest absolute Gasteiger partial charge is 0.0444 e. The van der Waals surface area contributed by atoms with Crippen LogP contribution in [0.5, 0.6) is 0 Å². The Bertz CT molecular complexity index is 504. The Labute approximate surface area is 106 Å². The molecule has 82 valence electrons. The average molecular weight is 251 g/mol. The second-order valence-electron chi connectivity index (χ2n) is 3.86. The standard InChI is InChI=1S/C14H12Cl2/c1-10-6-7-12(14(16)8-10)9-11-4-2-3-5-13(11)15/h2-8H,9H2,1H3. The molecular weight excluding hydrogens is 239 g/mol. The first-order chi connectivity index (χ1) is 7.66. The zero-order valence-electron chi connectivity index (χ0n) is 9.00. The molecule has 2 rings (SSSR count). The summed E-state index contributed by atoms with van der Waals surface area (Å²) in [5.41, 5.74) is 3.39. The minimum absolute atomic E-state index is 0.777. The molecule has 0 amide bonds. The summed E-state index contributed by atoms with van der Waals surface area (Å²) in [5, 5.41) is 1.60. The van der Waals surface area contributed by atoms with Crippen LogP contribution >= 0.6 is 23.2 Å². The van der Waals surface area contributed by atoms with Crippen molar-refractivity contribution in [1.29, 1.82) is 0 Å². The summed E-state index contributed by atoms with van der Waals surface area (Å²) in [5.74, 6) is 0. The van der Waals surface area contributed by atoms with Gasteiger partial charge in [0.05, 0.1) is 0 Å². The topological polar surface area (TPSA) is 0 Å². The largest absolute Gasteiger partial charge is 0.0840 e. The van der Waals surface area contributed by atoms with Gasteiger partial charge < -0.3 is 0 Å². The molecular formula is C14H12Cl2. The molecule has 0 aliphatic heterocycles. The molecule has 0 fully saturated rings. The molecule has 0 bridgehead atoms. The van der Waals surface area contributed by atoms with Crippen molar-refractivity contribution in [2.75, 3.05) is 0 Å². The first-order valence-electron chi connectivity index (χ1n) is 5.15. The van der Waals surface area contributed by atoms with Gasteiger partial charge in [-0.2, -0.15) is 0 Å². The van der Waals surface area contributed by atoms with Crippen molar-refractivity contribution in [2.45, 2.75) is 13.3 Å². The monoisotopic (exact) mass is 250 g/mol. The van der Waals surface area contributed by atoms with Crippen LogP contribution in [0.1, 0.15) is 16.7 Å². The maximum atomic E-state index is 6.19. The predicted octanol–water partition coefficient (Wildman–Crippen LogP) is 4.89. The van der Waals surface area contributed by atoms with Crippen LogP contribution in [0, 0.1) is 6.92 Å². The zero-order valence-corrected chi connectivity index (χ0v) is 10.5. The highest BCUT2D eigenvalue weighted by atomic mass is 35.5. The Morgan fingerprint density at radius 1 is 0.875 bits per heavy atom. The van der Waals surface area contributed by atoms with Crippen molar-refractivity contribution < 1.29 is 0 Å². The van der Waals surface area contributed by atoms with Crippen molar-refractivity contribution in [3.05, 3.63) is 69.2 Å². The zero-order chi connectivity index (χ0) is 11.5. The first-order valence-corrected chi connectivity index (χ1v) is 5.91. The number of rotatable bonds is 2. The molecule has 0 N–H and O–H groups in total. The number of aryl methyl sites for hydroxylation is 1. The van der Waals surface area contributed by atoms with Gasteiger partial charge >= 0.3 is 0 Å². The molecule has 0 aliphatic rings. The SMILES string of the molecule is Cc1ccc(Cc2ccccc2Cl)c(Cl)c1. The third kappa shape index (κ3) is 2.58. The Hall–Kier alpha value is -0.980. The molecule has 0 radical (unpaired) electrons. The van der Waals surface area contributed by atoms with E-state index in [0.29, 0.717) is 0 Å². The van der Waals surface area contributed by atoms with E-state index in [9.17, 15) is 0 Å². The lowest BCUT2D eigenvalue weighted by molar-refractivity contribution is 1.19. The normalized spacial score (nSPS) is 10.4. The Morgan fingerprint density at radius 2 is 1.56 bits per heavy atom. The van der Waals surface area contributed by atoms with E-state index in [1.54, 1.807) is 0 Å². The van der Waals surface area contributed by atoms with E-state index < -0.39 is 0 Å². The molecule has 0 saturated heterocycles. The van der Waals surface area contributed by atoms with Crippen LogP contribution in [0.2, 0.25) is 10.0 Å². The van der Waals surface area contributed by atoms with Gasteiger partial charge in [0.25, 0.3) is 0 Å². The second kappa shape index (κ2) is 4.90. The van der Waals surface area contributed by atoms with Gasteiger partial charge in [-0.3, -0.25) is 0 Å². The van der Waals surface area contributed by atoms with Gasteiger partial charge in [-0.1, -0.05) is 53.5 Å². The molecule has 0 heterocycles. The summed E-state index contributed by atoms with van der Waals surface area (Å²) in [6.07, 6.45) is 0.777. The summed E-state index contributed by atoms with van der Waals surface area (Å²) < 4.78 is 0. The van der Waals surface area contributed by atoms with E-state index in [0.717, 1.165) is 27.6 Å². The fraction of sp³-hybridized carbons (Fsp3) is 0.143. The van der Waals surface area contributed by atoms with Gasteiger partial charge in [-0.15, -0.1) is 0 Å². The summed E-state index contributed by atoms with van der Waals surface area (Å²) in [6, 6.07) is 14.0.